The fourth-order valence-electron chi connectivity index (χ4n) is 5.16. The van der Waals surface area contributed by atoms with Crippen LogP contribution < -0.4 is 20.7 Å². The molecule has 8 heteroatoms. The molecule has 0 aromatic heterocycles. The van der Waals surface area contributed by atoms with E-state index in [1.54, 1.807) is 36.4 Å². The van der Waals surface area contributed by atoms with E-state index in [9.17, 15) is 14.4 Å². The average molecular weight is 614 g/mol. The normalized spacial score (nSPS) is 11.3. The fraction of sp³-hybridized carbons (Fsp3) is 0.132. The predicted molar refractivity (Wildman–Crippen MR) is 178 cm³/mol. The summed E-state index contributed by atoms with van der Waals surface area (Å²) in [5.74, 6) is 0.00242. The molecule has 0 fully saturated rings. The van der Waals surface area contributed by atoms with E-state index in [-0.39, 0.29) is 30.8 Å². The fourth-order valence-corrected chi connectivity index (χ4v) is 5.16. The highest BCUT2D eigenvalue weighted by Crippen LogP contribution is 2.34. The van der Waals surface area contributed by atoms with Gasteiger partial charge in [-0.3, -0.25) is 9.59 Å². The summed E-state index contributed by atoms with van der Waals surface area (Å²) in [7, 11) is 0. The van der Waals surface area contributed by atoms with Crippen molar-refractivity contribution >= 4 is 23.6 Å². The maximum atomic E-state index is 13.4. The van der Waals surface area contributed by atoms with Crippen LogP contribution in [0.15, 0.2) is 140 Å². The van der Waals surface area contributed by atoms with Crippen molar-refractivity contribution in [1.29, 1.82) is 0 Å². The van der Waals surface area contributed by atoms with Gasteiger partial charge in [-0.05, 0) is 71.6 Å². The minimum atomic E-state index is -0.981. The van der Waals surface area contributed by atoms with Crippen molar-refractivity contribution in [2.24, 2.45) is 0 Å². The zero-order chi connectivity index (χ0) is 32.1. The van der Waals surface area contributed by atoms with Crippen molar-refractivity contribution < 1.29 is 24.2 Å². The summed E-state index contributed by atoms with van der Waals surface area (Å²) in [6.07, 6.45) is 0.392. The van der Waals surface area contributed by atoms with Crippen molar-refractivity contribution in [3.05, 3.63) is 162 Å². The van der Waals surface area contributed by atoms with Gasteiger partial charge in [0.2, 0.25) is 0 Å². The maximum absolute atomic E-state index is 13.4. The van der Waals surface area contributed by atoms with E-state index >= 15 is 0 Å². The number of hydrogen-bond acceptors (Lipinski definition) is 4. The molecule has 46 heavy (non-hydrogen) atoms. The monoisotopic (exact) mass is 613 g/mol. The van der Waals surface area contributed by atoms with Crippen LogP contribution in [0.5, 0.6) is 11.5 Å². The second-order valence-corrected chi connectivity index (χ2v) is 10.7. The molecule has 0 aliphatic rings. The van der Waals surface area contributed by atoms with E-state index in [2.05, 4.69) is 40.2 Å². The number of urea groups is 1. The first-order chi connectivity index (χ1) is 22.4. The lowest BCUT2D eigenvalue weighted by Gasteiger charge is -2.26. The van der Waals surface area contributed by atoms with E-state index in [4.69, 9.17) is 9.84 Å². The first-order valence-corrected chi connectivity index (χ1v) is 15.0. The molecular weight excluding hydrogens is 578 g/mol. The molecule has 0 radical (unpaired) electrons. The Bertz CT molecular complexity index is 1670. The molecule has 232 valence electrons. The van der Waals surface area contributed by atoms with Crippen LogP contribution in [0, 0.1) is 0 Å². The zero-order valence-electron chi connectivity index (χ0n) is 25.1. The van der Waals surface area contributed by atoms with Gasteiger partial charge in [0.1, 0.15) is 11.5 Å². The van der Waals surface area contributed by atoms with Gasteiger partial charge in [0, 0.05) is 23.7 Å². The Labute approximate surface area is 268 Å². The minimum Gasteiger partial charge on any atom is -0.481 e. The van der Waals surface area contributed by atoms with Crippen LogP contribution >= 0.6 is 0 Å². The second-order valence-electron chi connectivity index (χ2n) is 10.7. The van der Waals surface area contributed by atoms with Crippen LogP contribution in [0.3, 0.4) is 0 Å². The zero-order valence-corrected chi connectivity index (χ0v) is 25.1. The highest BCUT2D eigenvalue weighted by molar-refractivity contribution is 5.94. The van der Waals surface area contributed by atoms with Gasteiger partial charge in [-0.15, -0.1) is 0 Å². The number of hydrogen-bond donors (Lipinski definition) is 4. The molecule has 0 bridgehead atoms. The summed E-state index contributed by atoms with van der Waals surface area (Å²) in [5.41, 5.74) is 4.06. The van der Waals surface area contributed by atoms with Crippen LogP contribution in [0.2, 0.25) is 0 Å². The van der Waals surface area contributed by atoms with Crippen molar-refractivity contribution in [3.8, 4) is 11.5 Å². The summed E-state index contributed by atoms with van der Waals surface area (Å²) >= 11 is 0. The molecule has 0 saturated carbocycles. The summed E-state index contributed by atoms with van der Waals surface area (Å²) < 4.78 is 5.86. The van der Waals surface area contributed by atoms with Crippen LogP contribution in [-0.2, 0) is 4.79 Å². The second kappa shape index (κ2) is 15.7. The molecule has 5 rings (SSSR count). The number of carbonyl (C=O) groups excluding carboxylic acids is 2. The SMILES string of the molecule is O=C(O)CCNC(=O)c1ccc(C(CC(c2ccccc2)c2ccccc2)NC(=O)Nc2ccc(Oc3ccccc3)cc2)cc1. The van der Waals surface area contributed by atoms with Crippen molar-refractivity contribution in [3.63, 3.8) is 0 Å². The van der Waals surface area contributed by atoms with Gasteiger partial charge < -0.3 is 25.8 Å². The molecule has 4 N–H and O–H groups in total. The van der Waals surface area contributed by atoms with E-state index in [1.165, 1.54) is 0 Å². The number of carboxylic acids is 1. The van der Waals surface area contributed by atoms with Crippen molar-refractivity contribution in [2.45, 2.75) is 24.8 Å². The number of amides is 3. The van der Waals surface area contributed by atoms with Crippen LogP contribution in [0.4, 0.5) is 10.5 Å². The van der Waals surface area contributed by atoms with Crippen LogP contribution in [0.1, 0.15) is 51.8 Å². The largest absolute Gasteiger partial charge is 0.481 e. The topological polar surface area (TPSA) is 117 Å². The van der Waals surface area contributed by atoms with E-state index in [0.29, 0.717) is 23.4 Å². The number of rotatable bonds is 13. The Kier molecular flexibility index (Phi) is 10.8. The Hall–Kier alpha value is -5.89. The summed E-state index contributed by atoms with van der Waals surface area (Å²) in [6.45, 7) is 0.0372. The number of carboxylic acid groups (broad SMARTS) is 1. The van der Waals surface area contributed by atoms with E-state index in [0.717, 1.165) is 22.4 Å². The van der Waals surface area contributed by atoms with Gasteiger partial charge in [-0.25, -0.2) is 4.79 Å². The minimum absolute atomic E-state index is 0.0267. The predicted octanol–water partition coefficient (Wildman–Crippen LogP) is 7.77. The lowest BCUT2D eigenvalue weighted by atomic mass is 9.84. The number of para-hydroxylation sites is 1. The van der Waals surface area contributed by atoms with Gasteiger partial charge >= 0.3 is 12.0 Å². The smallest absolute Gasteiger partial charge is 0.319 e. The first kappa shape index (κ1) is 31.5. The van der Waals surface area contributed by atoms with E-state index < -0.39 is 12.0 Å². The number of anilines is 1. The Morgan fingerprint density at radius 3 is 1.74 bits per heavy atom. The average Bonchev–Trinajstić information content (AvgIpc) is 3.08. The molecule has 0 spiro atoms. The van der Waals surface area contributed by atoms with Gasteiger partial charge in [-0.1, -0.05) is 91.0 Å². The van der Waals surface area contributed by atoms with Gasteiger partial charge in [0.15, 0.2) is 0 Å². The number of aliphatic carboxylic acids is 1. The standard InChI is InChI=1S/C38H35N3O5/c42-36(43)24-25-39-37(44)30-18-16-29(17-19-30)35(26-34(27-10-4-1-5-11-27)28-12-6-2-7-13-28)41-38(45)40-31-20-22-33(23-21-31)46-32-14-8-3-9-15-32/h1-23,34-35H,24-26H2,(H,39,44)(H,42,43)(H2,40,41,45). The Balaban J connectivity index is 1.35. The summed E-state index contributed by atoms with van der Waals surface area (Å²) in [4.78, 5) is 36.8. The number of ether oxygens (including phenoxy) is 1. The molecule has 0 heterocycles. The van der Waals surface area contributed by atoms with Gasteiger partial charge in [0.25, 0.3) is 5.91 Å². The third-order valence-electron chi connectivity index (χ3n) is 7.47. The molecule has 8 nitrogen and oxygen atoms in total. The van der Waals surface area contributed by atoms with Crippen molar-refractivity contribution in [2.75, 3.05) is 11.9 Å². The summed E-state index contributed by atoms with van der Waals surface area (Å²) in [6, 6.07) is 43.1. The van der Waals surface area contributed by atoms with Crippen molar-refractivity contribution in [1.82, 2.24) is 10.6 Å². The molecule has 1 atom stereocenters. The molecule has 0 aliphatic heterocycles. The number of carbonyl (C=O) groups is 3. The molecule has 1 unspecified atom stereocenters. The van der Waals surface area contributed by atoms with Gasteiger partial charge in [-0.2, -0.15) is 0 Å². The third-order valence-corrected chi connectivity index (χ3v) is 7.47. The van der Waals surface area contributed by atoms with Crippen LogP contribution in [-0.4, -0.2) is 29.6 Å². The van der Waals surface area contributed by atoms with Crippen LogP contribution in [0.25, 0.3) is 0 Å². The molecule has 5 aromatic carbocycles. The lowest BCUT2D eigenvalue weighted by Crippen LogP contribution is -2.33. The maximum Gasteiger partial charge on any atom is 0.319 e. The Morgan fingerprint density at radius 2 is 1.17 bits per heavy atom. The number of benzene rings is 5. The highest BCUT2D eigenvalue weighted by Gasteiger charge is 2.23. The highest BCUT2D eigenvalue weighted by atomic mass is 16.5. The molecule has 0 saturated heterocycles. The molecular formula is C38H35N3O5. The lowest BCUT2D eigenvalue weighted by molar-refractivity contribution is -0.136. The van der Waals surface area contributed by atoms with Gasteiger partial charge in [0.05, 0.1) is 12.5 Å². The Morgan fingerprint density at radius 1 is 0.630 bits per heavy atom. The first-order valence-electron chi connectivity index (χ1n) is 15.0. The third kappa shape index (κ3) is 9.06. The quantitative estimate of drug-likeness (QED) is 0.108. The van der Waals surface area contributed by atoms with E-state index in [1.807, 2.05) is 78.9 Å². The molecule has 5 aromatic rings. The summed E-state index contributed by atoms with van der Waals surface area (Å²) in [5, 5.41) is 17.6. The molecule has 3 amide bonds. The number of nitrogens with one attached hydrogen (secondary N) is 3. The molecule has 0 aliphatic carbocycles.